The smallest absolute Gasteiger partial charge is 0.264 e. The van der Waals surface area contributed by atoms with Crippen LogP contribution in [0.5, 0.6) is 0 Å². The Labute approximate surface area is 103 Å². The standard InChI is InChI=1S/C13H17NO2S/c1-11-6-8-13(9-7-11)17(15,16)14-10-4-3-5-12(14)2/h4,6-10,12H,3,5H2,1-2H3. The van der Waals surface area contributed by atoms with Gasteiger partial charge in [-0.2, -0.15) is 0 Å². The highest BCUT2D eigenvalue weighted by Crippen LogP contribution is 2.24. The van der Waals surface area contributed by atoms with Gasteiger partial charge in [0.2, 0.25) is 0 Å². The summed E-state index contributed by atoms with van der Waals surface area (Å²) in [6.45, 7) is 3.88. The van der Waals surface area contributed by atoms with Crippen LogP contribution in [-0.2, 0) is 10.0 Å². The fourth-order valence-corrected chi connectivity index (χ4v) is 3.49. The van der Waals surface area contributed by atoms with E-state index in [1.807, 2.05) is 32.1 Å². The number of benzene rings is 1. The molecule has 17 heavy (non-hydrogen) atoms. The largest absolute Gasteiger partial charge is 0.271 e. The van der Waals surface area contributed by atoms with Gasteiger partial charge in [0.05, 0.1) is 4.90 Å². The third-order valence-corrected chi connectivity index (χ3v) is 4.94. The van der Waals surface area contributed by atoms with Gasteiger partial charge in [0.25, 0.3) is 10.0 Å². The van der Waals surface area contributed by atoms with Crippen molar-refractivity contribution in [2.45, 2.75) is 37.6 Å². The Morgan fingerprint density at radius 2 is 1.88 bits per heavy atom. The topological polar surface area (TPSA) is 37.4 Å². The molecule has 0 amide bonds. The maximum absolute atomic E-state index is 12.4. The van der Waals surface area contributed by atoms with Gasteiger partial charge in [-0.1, -0.05) is 23.8 Å². The zero-order chi connectivity index (χ0) is 12.5. The maximum Gasteiger partial charge on any atom is 0.264 e. The van der Waals surface area contributed by atoms with Gasteiger partial charge in [-0.15, -0.1) is 0 Å². The van der Waals surface area contributed by atoms with E-state index in [4.69, 9.17) is 0 Å². The second-order valence-electron chi connectivity index (χ2n) is 4.46. The minimum absolute atomic E-state index is 0.0336. The lowest BCUT2D eigenvalue weighted by Gasteiger charge is -2.29. The molecule has 1 aromatic rings. The normalized spacial score (nSPS) is 20.6. The van der Waals surface area contributed by atoms with Gasteiger partial charge >= 0.3 is 0 Å². The molecular weight excluding hydrogens is 234 g/mol. The first-order chi connectivity index (χ1) is 8.01. The van der Waals surface area contributed by atoms with Crippen LogP contribution in [0.25, 0.3) is 0 Å². The number of sulfonamides is 1. The van der Waals surface area contributed by atoms with Gasteiger partial charge in [0.15, 0.2) is 0 Å². The second-order valence-corrected chi connectivity index (χ2v) is 6.30. The molecule has 0 radical (unpaired) electrons. The molecule has 0 bridgehead atoms. The Morgan fingerprint density at radius 1 is 1.24 bits per heavy atom. The summed E-state index contributed by atoms with van der Waals surface area (Å²) in [5.74, 6) is 0. The molecule has 1 aliphatic rings. The van der Waals surface area contributed by atoms with Crippen molar-refractivity contribution >= 4 is 10.0 Å². The summed E-state index contributed by atoms with van der Waals surface area (Å²) in [5.41, 5.74) is 1.06. The van der Waals surface area contributed by atoms with E-state index >= 15 is 0 Å². The van der Waals surface area contributed by atoms with Gasteiger partial charge in [0.1, 0.15) is 0 Å². The molecule has 1 atom stereocenters. The Morgan fingerprint density at radius 3 is 2.47 bits per heavy atom. The number of nitrogens with zero attached hydrogens (tertiary/aromatic N) is 1. The van der Waals surface area contributed by atoms with Crippen molar-refractivity contribution in [1.29, 1.82) is 0 Å². The van der Waals surface area contributed by atoms with E-state index in [1.54, 1.807) is 18.3 Å². The second kappa shape index (κ2) is 4.53. The van der Waals surface area contributed by atoms with Crippen LogP contribution < -0.4 is 0 Å². The Balaban J connectivity index is 2.39. The summed E-state index contributed by atoms with van der Waals surface area (Å²) >= 11 is 0. The van der Waals surface area contributed by atoms with E-state index in [0.29, 0.717) is 4.90 Å². The lowest BCUT2D eigenvalue weighted by Crippen LogP contribution is -2.35. The highest BCUT2D eigenvalue weighted by Gasteiger charge is 2.27. The Bertz CT molecular complexity index is 517. The summed E-state index contributed by atoms with van der Waals surface area (Å²) in [6.07, 6.45) is 5.41. The van der Waals surface area contributed by atoms with E-state index in [0.717, 1.165) is 18.4 Å². The molecule has 0 aromatic heterocycles. The monoisotopic (exact) mass is 251 g/mol. The van der Waals surface area contributed by atoms with Crippen LogP contribution in [0.2, 0.25) is 0 Å². The quantitative estimate of drug-likeness (QED) is 0.810. The molecule has 1 aromatic carbocycles. The average molecular weight is 251 g/mol. The maximum atomic E-state index is 12.4. The molecule has 0 N–H and O–H groups in total. The predicted molar refractivity (Wildman–Crippen MR) is 68.0 cm³/mol. The average Bonchev–Trinajstić information content (AvgIpc) is 2.30. The molecular formula is C13H17NO2S. The number of aryl methyl sites for hydroxylation is 1. The lowest BCUT2D eigenvalue weighted by atomic mass is 10.1. The molecule has 0 aliphatic carbocycles. The van der Waals surface area contributed by atoms with Crippen molar-refractivity contribution in [2.75, 3.05) is 0 Å². The van der Waals surface area contributed by atoms with Gasteiger partial charge < -0.3 is 0 Å². The Hall–Kier alpha value is -1.29. The molecule has 0 saturated carbocycles. The zero-order valence-electron chi connectivity index (χ0n) is 10.1. The van der Waals surface area contributed by atoms with Crippen molar-refractivity contribution in [1.82, 2.24) is 4.31 Å². The molecule has 2 rings (SSSR count). The summed E-state index contributed by atoms with van der Waals surface area (Å²) in [4.78, 5) is 0.363. The van der Waals surface area contributed by atoms with Crippen molar-refractivity contribution in [3.05, 3.63) is 42.1 Å². The van der Waals surface area contributed by atoms with Gasteiger partial charge in [0, 0.05) is 12.2 Å². The molecule has 1 aliphatic heterocycles. The Kier molecular flexibility index (Phi) is 3.24. The number of rotatable bonds is 2. The first kappa shape index (κ1) is 12.2. The van der Waals surface area contributed by atoms with E-state index < -0.39 is 10.0 Å². The SMILES string of the molecule is Cc1ccc(S(=O)(=O)N2C=CCCC2C)cc1. The molecule has 1 heterocycles. The van der Waals surface area contributed by atoms with Crippen LogP contribution in [0.15, 0.2) is 41.4 Å². The highest BCUT2D eigenvalue weighted by molar-refractivity contribution is 7.89. The van der Waals surface area contributed by atoms with Crippen LogP contribution in [0.4, 0.5) is 0 Å². The third-order valence-electron chi connectivity index (χ3n) is 3.03. The van der Waals surface area contributed by atoms with Crippen LogP contribution >= 0.6 is 0 Å². The molecule has 0 fully saturated rings. The predicted octanol–water partition coefficient (Wildman–Crippen LogP) is 2.68. The first-order valence-electron chi connectivity index (χ1n) is 5.78. The van der Waals surface area contributed by atoms with E-state index in [1.165, 1.54) is 4.31 Å². The van der Waals surface area contributed by atoms with Crippen molar-refractivity contribution in [3.8, 4) is 0 Å². The van der Waals surface area contributed by atoms with Crippen molar-refractivity contribution in [3.63, 3.8) is 0 Å². The highest BCUT2D eigenvalue weighted by atomic mass is 32.2. The molecule has 0 spiro atoms. The summed E-state index contributed by atoms with van der Waals surface area (Å²) in [7, 11) is -3.38. The summed E-state index contributed by atoms with van der Waals surface area (Å²) < 4.78 is 26.2. The first-order valence-corrected chi connectivity index (χ1v) is 7.23. The van der Waals surface area contributed by atoms with Crippen LogP contribution in [-0.4, -0.2) is 18.8 Å². The van der Waals surface area contributed by atoms with Crippen molar-refractivity contribution < 1.29 is 8.42 Å². The van der Waals surface area contributed by atoms with Gasteiger partial charge in [-0.05, 0) is 38.8 Å². The molecule has 1 unspecified atom stereocenters. The number of hydrogen-bond acceptors (Lipinski definition) is 2. The van der Waals surface area contributed by atoms with Crippen LogP contribution in [0.3, 0.4) is 0 Å². The minimum Gasteiger partial charge on any atom is -0.271 e. The fraction of sp³-hybridized carbons (Fsp3) is 0.385. The van der Waals surface area contributed by atoms with Crippen LogP contribution in [0.1, 0.15) is 25.3 Å². The lowest BCUT2D eigenvalue weighted by molar-refractivity contribution is 0.386. The number of hydrogen-bond donors (Lipinski definition) is 0. The van der Waals surface area contributed by atoms with Gasteiger partial charge in [-0.3, -0.25) is 4.31 Å². The molecule has 3 nitrogen and oxygen atoms in total. The van der Waals surface area contributed by atoms with Gasteiger partial charge in [-0.25, -0.2) is 8.42 Å². The van der Waals surface area contributed by atoms with Crippen LogP contribution in [0, 0.1) is 6.92 Å². The molecule has 0 saturated heterocycles. The summed E-state index contributed by atoms with van der Waals surface area (Å²) in [5, 5.41) is 0. The number of allylic oxidation sites excluding steroid dienone is 1. The van der Waals surface area contributed by atoms with Crippen molar-refractivity contribution in [2.24, 2.45) is 0 Å². The third kappa shape index (κ3) is 2.36. The van der Waals surface area contributed by atoms with E-state index in [-0.39, 0.29) is 6.04 Å². The minimum atomic E-state index is -3.38. The fourth-order valence-electron chi connectivity index (χ4n) is 1.94. The van der Waals surface area contributed by atoms with E-state index in [2.05, 4.69) is 0 Å². The molecule has 4 heteroatoms. The molecule has 92 valence electrons. The van der Waals surface area contributed by atoms with E-state index in [9.17, 15) is 8.42 Å². The summed E-state index contributed by atoms with van der Waals surface area (Å²) in [6, 6.07) is 7.02. The zero-order valence-corrected chi connectivity index (χ0v) is 10.9.